The molecular weight excluding hydrogens is 318 g/mol. The summed E-state index contributed by atoms with van der Waals surface area (Å²) in [6.07, 6.45) is 4.41. The van der Waals surface area contributed by atoms with Gasteiger partial charge >= 0.3 is 0 Å². The first-order chi connectivity index (χ1) is 12.2. The fourth-order valence-corrected chi connectivity index (χ4v) is 3.53. The molecule has 0 saturated heterocycles. The molecular formula is C18H27N5O2. The summed E-state index contributed by atoms with van der Waals surface area (Å²) in [6.45, 7) is 4.32. The molecule has 7 heteroatoms. The van der Waals surface area contributed by atoms with E-state index < -0.39 is 0 Å². The lowest BCUT2D eigenvalue weighted by atomic mass is 9.91. The molecule has 7 nitrogen and oxygen atoms in total. The third-order valence-electron chi connectivity index (χ3n) is 4.86. The van der Waals surface area contributed by atoms with Crippen molar-refractivity contribution in [3.63, 3.8) is 0 Å². The largest absolute Gasteiger partial charge is 0.508 e. The molecule has 1 heterocycles. The molecule has 1 aromatic heterocycles. The molecule has 2 N–H and O–H groups in total. The fourth-order valence-electron chi connectivity index (χ4n) is 3.53. The lowest BCUT2D eigenvalue weighted by Crippen LogP contribution is -2.39. The molecule has 1 aliphatic carbocycles. The molecule has 0 aliphatic heterocycles. The number of tetrazole rings is 1. The van der Waals surface area contributed by atoms with Crippen LogP contribution < -0.4 is 0 Å². The quantitative estimate of drug-likeness (QED) is 0.799. The van der Waals surface area contributed by atoms with Crippen LogP contribution in [-0.4, -0.2) is 47.5 Å². The number of aryl methyl sites for hydroxylation is 1. The molecule has 3 rings (SSSR count). The second-order valence-corrected chi connectivity index (χ2v) is 6.86. The first kappa shape index (κ1) is 17.8. The van der Waals surface area contributed by atoms with Crippen LogP contribution in [0.25, 0.3) is 0 Å². The molecule has 0 amide bonds. The van der Waals surface area contributed by atoms with Crippen molar-refractivity contribution in [3.8, 4) is 5.75 Å². The number of rotatable bonds is 7. The Balaban J connectivity index is 1.77. The Labute approximate surface area is 148 Å². The molecule has 1 saturated carbocycles. The van der Waals surface area contributed by atoms with Crippen molar-refractivity contribution < 1.29 is 10.2 Å². The second-order valence-electron chi connectivity index (χ2n) is 6.86. The molecule has 0 unspecified atom stereocenters. The van der Waals surface area contributed by atoms with Crippen molar-refractivity contribution in [1.29, 1.82) is 0 Å². The zero-order valence-corrected chi connectivity index (χ0v) is 14.8. The van der Waals surface area contributed by atoms with Crippen molar-refractivity contribution in [2.75, 3.05) is 0 Å². The van der Waals surface area contributed by atoms with Gasteiger partial charge in [-0.05, 0) is 60.2 Å². The van der Waals surface area contributed by atoms with Crippen molar-refractivity contribution in [3.05, 3.63) is 35.7 Å². The van der Waals surface area contributed by atoms with Crippen molar-refractivity contribution in [2.24, 2.45) is 0 Å². The lowest BCUT2D eigenvalue weighted by Gasteiger charge is -2.35. The Bertz CT molecular complexity index is 667. The van der Waals surface area contributed by atoms with Gasteiger partial charge in [-0.15, -0.1) is 5.10 Å². The van der Waals surface area contributed by atoms with E-state index in [0.29, 0.717) is 12.6 Å². The van der Waals surface area contributed by atoms with Crippen LogP contribution in [0.2, 0.25) is 0 Å². The van der Waals surface area contributed by atoms with Gasteiger partial charge in [0.2, 0.25) is 0 Å². The van der Waals surface area contributed by atoms with Gasteiger partial charge in [0.25, 0.3) is 0 Å². The maximum atomic E-state index is 9.82. The lowest BCUT2D eigenvalue weighted by molar-refractivity contribution is 0.0645. The van der Waals surface area contributed by atoms with Crippen molar-refractivity contribution in [1.82, 2.24) is 25.1 Å². The van der Waals surface area contributed by atoms with E-state index in [1.807, 2.05) is 16.8 Å². The molecule has 136 valence electrons. The van der Waals surface area contributed by atoms with Gasteiger partial charge in [-0.2, -0.15) is 0 Å². The number of hydrogen-bond acceptors (Lipinski definition) is 6. The normalized spacial score (nSPS) is 20.9. The zero-order valence-electron chi connectivity index (χ0n) is 14.8. The Kier molecular flexibility index (Phi) is 5.99. The number of phenols is 1. The number of aliphatic hydroxyl groups is 1. The molecule has 25 heavy (non-hydrogen) atoms. The Hall–Kier alpha value is -1.99. The van der Waals surface area contributed by atoms with Crippen LogP contribution in [0, 0.1) is 0 Å². The predicted octanol–water partition coefficient (Wildman–Crippen LogP) is 2.09. The SMILES string of the molecule is CCCn1nnnc1CN(Cc1cccc(O)c1)C1CCC(O)CC1. The minimum Gasteiger partial charge on any atom is -0.508 e. The van der Waals surface area contributed by atoms with Crippen LogP contribution in [-0.2, 0) is 19.6 Å². The minimum absolute atomic E-state index is 0.177. The Morgan fingerprint density at radius 1 is 1.20 bits per heavy atom. The summed E-state index contributed by atoms with van der Waals surface area (Å²) in [4.78, 5) is 2.37. The standard InChI is InChI=1S/C18H27N5O2/c1-2-10-23-18(19-20-21-23)13-22(15-6-8-16(24)9-7-15)12-14-4-3-5-17(25)11-14/h3-5,11,15-16,24-25H,2,6-10,12-13H2,1H3. The van der Waals surface area contributed by atoms with E-state index in [-0.39, 0.29) is 11.9 Å². The summed E-state index contributed by atoms with van der Waals surface area (Å²) in [5.41, 5.74) is 1.07. The van der Waals surface area contributed by atoms with Crippen LogP contribution in [0.1, 0.15) is 50.4 Å². The third-order valence-corrected chi connectivity index (χ3v) is 4.86. The fraction of sp³-hybridized carbons (Fsp3) is 0.611. The molecule has 0 radical (unpaired) electrons. The molecule has 0 spiro atoms. The van der Waals surface area contributed by atoms with Crippen LogP contribution in [0.15, 0.2) is 24.3 Å². The number of aromatic hydroxyl groups is 1. The summed E-state index contributed by atoms with van der Waals surface area (Å²) in [6, 6.07) is 7.78. The van der Waals surface area contributed by atoms with Crippen LogP contribution in [0.5, 0.6) is 5.75 Å². The van der Waals surface area contributed by atoms with E-state index in [0.717, 1.165) is 56.6 Å². The number of aliphatic hydroxyl groups excluding tert-OH is 1. The highest BCUT2D eigenvalue weighted by Crippen LogP contribution is 2.26. The Morgan fingerprint density at radius 2 is 2.00 bits per heavy atom. The summed E-state index contributed by atoms with van der Waals surface area (Å²) < 4.78 is 1.87. The van der Waals surface area contributed by atoms with Gasteiger partial charge in [0.15, 0.2) is 5.82 Å². The smallest absolute Gasteiger partial charge is 0.165 e. The molecule has 0 bridgehead atoms. The first-order valence-corrected chi connectivity index (χ1v) is 9.10. The van der Waals surface area contributed by atoms with Gasteiger partial charge in [0, 0.05) is 19.1 Å². The topological polar surface area (TPSA) is 87.3 Å². The van der Waals surface area contributed by atoms with Gasteiger partial charge in [-0.25, -0.2) is 4.68 Å². The summed E-state index contributed by atoms with van der Waals surface area (Å²) in [7, 11) is 0. The van der Waals surface area contributed by atoms with Crippen LogP contribution in [0.4, 0.5) is 0 Å². The van der Waals surface area contributed by atoms with Gasteiger partial charge in [0.1, 0.15) is 5.75 Å². The highest BCUT2D eigenvalue weighted by molar-refractivity contribution is 5.27. The third kappa shape index (κ3) is 4.76. The van der Waals surface area contributed by atoms with Crippen LogP contribution in [0.3, 0.4) is 0 Å². The average Bonchev–Trinajstić information content (AvgIpc) is 3.02. The molecule has 1 aromatic carbocycles. The van der Waals surface area contributed by atoms with Gasteiger partial charge in [-0.1, -0.05) is 19.1 Å². The minimum atomic E-state index is -0.177. The number of phenolic OH excluding ortho intramolecular Hbond substituents is 1. The highest BCUT2D eigenvalue weighted by atomic mass is 16.3. The molecule has 0 atom stereocenters. The maximum absolute atomic E-state index is 9.82. The summed E-state index contributed by atoms with van der Waals surface area (Å²) >= 11 is 0. The van der Waals surface area contributed by atoms with Gasteiger partial charge in [-0.3, -0.25) is 4.90 Å². The summed E-state index contributed by atoms with van der Waals surface area (Å²) in [5.74, 6) is 1.15. The van der Waals surface area contributed by atoms with Crippen molar-refractivity contribution >= 4 is 0 Å². The highest BCUT2D eigenvalue weighted by Gasteiger charge is 2.26. The van der Waals surface area contributed by atoms with Gasteiger partial charge in [0.05, 0.1) is 12.6 Å². The first-order valence-electron chi connectivity index (χ1n) is 9.10. The number of aromatic nitrogens is 4. The molecule has 1 aliphatic rings. The van der Waals surface area contributed by atoms with E-state index >= 15 is 0 Å². The van der Waals surface area contributed by atoms with E-state index in [1.54, 1.807) is 12.1 Å². The van der Waals surface area contributed by atoms with E-state index in [4.69, 9.17) is 0 Å². The molecule has 1 fully saturated rings. The predicted molar refractivity (Wildman–Crippen MR) is 93.7 cm³/mol. The van der Waals surface area contributed by atoms with Gasteiger partial charge < -0.3 is 10.2 Å². The van der Waals surface area contributed by atoms with Crippen LogP contribution >= 0.6 is 0 Å². The average molecular weight is 345 g/mol. The summed E-state index contributed by atoms with van der Waals surface area (Å²) in [5, 5.41) is 31.7. The number of hydrogen-bond donors (Lipinski definition) is 2. The Morgan fingerprint density at radius 3 is 2.72 bits per heavy atom. The number of nitrogens with zero attached hydrogens (tertiary/aromatic N) is 5. The maximum Gasteiger partial charge on any atom is 0.165 e. The van der Waals surface area contributed by atoms with E-state index in [2.05, 4.69) is 27.3 Å². The monoisotopic (exact) mass is 345 g/mol. The molecule has 2 aromatic rings. The van der Waals surface area contributed by atoms with E-state index in [9.17, 15) is 10.2 Å². The van der Waals surface area contributed by atoms with Crippen molar-refractivity contribution in [2.45, 2.75) is 70.8 Å². The second kappa shape index (κ2) is 8.40. The zero-order chi connectivity index (χ0) is 17.6. The van der Waals surface area contributed by atoms with E-state index in [1.165, 1.54) is 0 Å². The number of benzene rings is 1.